The second-order valence-corrected chi connectivity index (χ2v) is 7.72. The molecule has 124 valence electrons. The van der Waals surface area contributed by atoms with E-state index in [1.54, 1.807) is 36.4 Å². The lowest BCUT2D eigenvalue weighted by atomic mass is 10.0. The van der Waals surface area contributed by atoms with Gasteiger partial charge in [0, 0.05) is 6.42 Å². The van der Waals surface area contributed by atoms with E-state index in [9.17, 15) is 18.3 Å². The normalized spacial score (nSPS) is 18.8. The first-order valence-electron chi connectivity index (χ1n) is 7.58. The van der Waals surface area contributed by atoms with Crippen LogP contribution in [0.15, 0.2) is 47.4 Å². The molecule has 0 radical (unpaired) electrons. The maximum absolute atomic E-state index is 13.1. The molecule has 2 aromatic rings. The van der Waals surface area contributed by atoms with Crippen LogP contribution in [0.4, 0.5) is 5.69 Å². The fourth-order valence-corrected chi connectivity index (χ4v) is 4.82. The summed E-state index contributed by atoms with van der Waals surface area (Å²) in [4.78, 5) is 11.6. The molecule has 1 atom stereocenters. The minimum Gasteiger partial charge on any atom is -0.493 e. The molecule has 7 heteroatoms. The van der Waals surface area contributed by atoms with E-state index in [0.29, 0.717) is 30.0 Å². The van der Waals surface area contributed by atoms with Crippen molar-refractivity contribution in [2.75, 3.05) is 17.5 Å². The Morgan fingerprint density at radius 2 is 2.00 bits per heavy atom. The Balaban J connectivity index is 1.79. The van der Waals surface area contributed by atoms with Gasteiger partial charge in [0.1, 0.15) is 11.7 Å². The zero-order valence-corrected chi connectivity index (χ0v) is 13.5. The van der Waals surface area contributed by atoms with Crippen LogP contribution in [0.5, 0.6) is 5.75 Å². The third-order valence-electron chi connectivity index (χ3n) is 4.48. The number of aliphatic carboxylic acids is 1. The summed E-state index contributed by atoms with van der Waals surface area (Å²) in [5.41, 5.74) is 1.82. The van der Waals surface area contributed by atoms with Crippen LogP contribution in [-0.4, -0.2) is 32.6 Å². The van der Waals surface area contributed by atoms with Crippen molar-refractivity contribution < 1.29 is 23.1 Å². The minimum atomic E-state index is -3.83. The molecule has 4 rings (SSSR count). The summed E-state index contributed by atoms with van der Waals surface area (Å²) in [5, 5.41) is 9.40. The van der Waals surface area contributed by atoms with Gasteiger partial charge in [0.2, 0.25) is 0 Å². The molecule has 2 aromatic carbocycles. The molecule has 1 N–H and O–H groups in total. The Labute approximate surface area is 139 Å². The van der Waals surface area contributed by atoms with Crippen LogP contribution < -0.4 is 9.04 Å². The van der Waals surface area contributed by atoms with Gasteiger partial charge in [-0.05, 0) is 35.4 Å². The Bertz CT molecular complexity index is 938. The average molecular weight is 345 g/mol. The van der Waals surface area contributed by atoms with E-state index in [0.717, 1.165) is 5.56 Å². The van der Waals surface area contributed by atoms with Gasteiger partial charge in [0.25, 0.3) is 10.0 Å². The molecule has 2 aliphatic heterocycles. The standard InChI is InChI=1S/C17H15NO5S/c19-17(20)14-10-18(15-4-2-1-3-13(14)15)24(21,22)12-5-6-16-11(9-12)7-8-23-16/h1-6,9,14H,7-8,10H2,(H,19,20). The van der Waals surface area contributed by atoms with E-state index in [1.165, 1.54) is 10.4 Å². The largest absolute Gasteiger partial charge is 0.493 e. The molecule has 0 fully saturated rings. The smallest absolute Gasteiger partial charge is 0.312 e. The lowest BCUT2D eigenvalue weighted by Gasteiger charge is -2.20. The van der Waals surface area contributed by atoms with Crippen molar-refractivity contribution in [3.05, 3.63) is 53.6 Å². The van der Waals surface area contributed by atoms with Crippen LogP contribution in [-0.2, 0) is 21.2 Å². The van der Waals surface area contributed by atoms with Gasteiger partial charge >= 0.3 is 5.97 Å². The number of benzene rings is 2. The van der Waals surface area contributed by atoms with Crippen LogP contribution in [0.2, 0.25) is 0 Å². The highest BCUT2D eigenvalue weighted by Crippen LogP contribution is 2.40. The summed E-state index contributed by atoms with van der Waals surface area (Å²) in [7, 11) is -3.83. The zero-order chi connectivity index (χ0) is 16.9. The number of nitrogens with zero attached hydrogens (tertiary/aromatic N) is 1. The predicted octanol–water partition coefficient (Wildman–Crippen LogP) is 2.00. The molecule has 0 aromatic heterocycles. The van der Waals surface area contributed by atoms with Gasteiger partial charge in [-0.15, -0.1) is 0 Å². The van der Waals surface area contributed by atoms with E-state index in [4.69, 9.17) is 4.74 Å². The first kappa shape index (κ1) is 15.0. The number of rotatable bonds is 3. The van der Waals surface area contributed by atoms with Crippen LogP contribution in [0.25, 0.3) is 0 Å². The third kappa shape index (κ3) is 2.16. The molecule has 2 aliphatic rings. The van der Waals surface area contributed by atoms with Crippen molar-refractivity contribution in [2.45, 2.75) is 17.2 Å². The third-order valence-corrected chi connectivity index (χ3v) is 6.25. The highest BCUT2D eigenvalue weighted by Gasteiger charge is 2.39. The molecule has 0 bridgehead atoms. The first-order valence-corrected chi connectivity index (χ1v) is 9.02. The number of sulfonamides is 1. The number of hydrogen-bond acceptors (Lipinski definition) is 4. The number of hydrogen-bond donors (Lipinski definition) is 1. The van der Waals surface area contributed by atoms with Crippen molar-refractivity contribution >= 4 is 21.7 Å². The van der Waals surface area contributed by atoms with Crippen molar-refractivity contribution in [1.82, 2.24) is 0 Å². The van der Waals surface area contributed by atoms with Crippen molar-refractivity contribution in [3.8, 4) is 5.75 Å². The Morgan fingerprint density at radius 1 is 1.21 bits per heavy atom. The maximum Gasteiger partial charge on any atom is 0.312 e. The second-order valence-electron chi connectivity index (χ2n) is 5.85. The lowest BCUT2D eigenvalue weighted by Crippen LogP contribution is -2.31. The summed E-state index contributed by atoms with van der Waals surface area (Å²) < 4.78 is 32.7. The van der Waals surface area contributed by atoms with E-state index >= 15 is 0 Å². The molecule has 0 amide bonds. The van der Waals surface area contributed by atoms with Crippen LogP contribution in [0.3, 0.4) is 0 Å². The molecule has 0 aliphatic carbocycles. The molecular weight excluding hydrogens is 330 g/mol. The molecule has 2 heterocycles. The molecular formula is C17H15NO5S. The quantitative estimate of drug-likeness (QED) is 0.920. The van der Waals surface area contributed by atoms with E-state index in [1.807, 2.05) is 0 Å². The molecule has 1 unspecified atom stereocenters. The topological polar surface area (TPSA) is 83.9 Å². The summed E-state index contributed by atoms with van der Waals surface area (Å²) >= 11 is 0. The van der Waals surface area contributed by atoms with Crippen LogP contribution in [0, 0.1) is 0 Å². The number of carboxylic acids is 1. The van der Waals surface area contributed by atoms with E-state index < -0.39 is 21.9 Å². The number of carboxylic acid groups (broad SMARTS) is 1. The maximum atomic E-state index is 13.1. The molecule has 0 saturated carbocycles. The monoisotopic (exact) mass is 345 g/mol. The SMILES string of the molecule is O=C(O)C1CN(S(=O)(=O)c2ccc3c(c2)CCO3)c2ccccc21. The van der Waals surface area contributed by atoms with E-state index in [-0.39, 0.29) is 11.4 Å². The Morgan fingerprint density at radius 3 is 2.79 bits per heavy atom. The average Bonchev–Trinajstić information content (AvgIpc) is 3.18. The molecule has 0 spiro atoms. The van der Waals surface area contributed by atoms with Gasteiger partial charge in [-0.1, -0.05) is 18.2 Å². The molecule has 6 nitrogen and oxygen atoms in total. The van der Waals surface area contributed by atoms with Gasteiger partial charge in [-0.25, -0.2) is 8.42 Å². The summed E-state index contributed by atoms with van der Waals surface area (Å²) in [6.07, 6.45) is 0.674. The van der Waals surface area contributed by atoms with Crippen LogP contribution >= 0.6 is 0 Å². The highest BCUT2D eigenvalue weighted by atomic mass is 32.2. The molecule has 24 heavy (non-hydrogen) atoms. The first-order chi connectivity index (χ1) is 11.5. The highest BCUT2D eigenvalue weighted by molar-refractivity contribution is 7.92. The van der Waals surface area contributed by atoms with E-state index in [2.05, 4.69) is 0 Å². The Kier molecular flexibility index (Phi) is 3.28. The van der Waals surface area contributed by atoms with Gasteiger partial charge in [0.15, 0.2) is 0 Å². The van der Waals surface area contributed by atoms with Gasteiger partial charge in [-0.3, -0.25) is 9.10 Å². The molecule has 0 saturated heterocycles. The number of ether oxygens (including phenoxy) is 1. The van der Waals surface area contributed by atoms with Crippen molar-refractivity contribution in [3.63, 3.8) is 0 Å². The summed E-state index contributed by atoms with van der Waals surface area (Å²) in [6, 6.07) is 11.5. The minimum absolute atomic E-state index is 0.0927. The summed E-state index contributed by atoms with van der Waals surface area (Å²) in [6.45, 7) is 0.455. The van der Waals surface area contributed by atoms with Crippen LogP contribution in [0.1, 0.15) is 17.0 Å². The Hall–Kier alpha value is -2.54. The van der Waals surface area contributed by atoms with Crippen molar-refractivity contribution in [2.24, 2.45) is 0 Å². The number of fused-ring (bicyclic) bond motifs is 2. The van der Waals surface area contributed by atoms with Gasteiger partial charge < -0.3 is 9.84 Å². The van der Waals surface area contributed by atoms with Gasteiger partial charge in [0.05, 0.1) is 23.7 Å². The fourth-order valence-electron chi connectivity index (χ4n) is 3.26. The zero-order valence-electron chi connectivity index (χ0n) is 12.7. The number of carbonyl (C=O) groups is 1. The fraction of sp³-hybridized carbons (Fsp3) is 0.235. The summed E-state index contributed by atoms with van der Waals surface area (Å²) in [5.74, 6) is -1.17. The predicted molar refractivity (Wildman–Crippen MR) is 87.0 cm³/mol. The van der Waals surface area contributed by atoms with Gasteiger partial charge in [-0.2, -0.15) is 0 Å². The lowest BCUT2D eigenvalue weighted by molar-refractivity contribution is -0.138. The number of anilines is 1. The second kappa shape index (κ2) is 5.24. The number of para-hydroxylation sites is 1. The van der Waals surface area contributed by atoms with Crippen molar-refractivity contribution in [1.29, 1.82) is 0 Å².